The van der Waals surface area contributed by atoms with Gasteiger partial charge in [-0.2, -0.15) is 0 Å². The molecule has 2 saturated heterocycles. The molecule has 1 atom stereocenters. The number of ketones is 1. The summed E-state index contributed by atoms with van der Waals surface area (Å²) in [5, 5.41) is 10.5. The van der Waals surface area contributed by atoms with E-state index < -0.39 is 5.25 Å². The zero-order valence-electron chi connectivity index (χ0n) is 17.0. The van der Waals surface area contributed by atoms with E-state index in [4.69, 9.17) is 4.42 Å². The Balaban J connectivity index is 1.56. The Hall–Kier alpha value is -2.85. The number of rotatable bonds is 6. The molecule has 4 rings (SSSR count). The maximum Gasteiger partial charge on any atom is 0.284 e. The van der Waals surface area contributed by atoms with Gasteiger partial charge in [-0.15, -0.1) is 10.2 Å². The number of hydrogen-bond acceptors (Lipinski definition) is 8. The van der Waals surface area contributed by atoms with Crippen molar-refractivity contribution in [3.63, 3.8) is 0 Å². The third kappa shape index (κ3) is 4.91. The third-order valence-electron chi connectivity index (χ3n) is 4.82. The minimum absolute atomic E-state index is 0.0601. The predicted molar refractivity (Wildman–Crippen MR) is 121 cm³/mol. The van der Waals surface area contributed by atoms with Crippen LogP contribution in [0.4, 0.5) is 4.79 Å². The first-order chi connectivity index (χ1) is 14.9. The fraction of sp³-hybridized carbons (Fsp3) is 0.286. The van der Waals surface area contributed by atoms with Crippen LogP contribution in [0.1, 0.15) is 33.7 Å². The van der Waals surface area contributed by atoms with Gasteiger partial charge in [-0.3, -0.25) is 19.3 Å². The number of furan rings is 1. The molecule has 1 N–H and O–H groups in total. The van der Waals surface area contributed by atoms with E-state index >= 15 is 0 Å². The molecule has 0 saturated carbocycles. The molecular weight excluding hydrogens is 436 g/mol. The standard InChI is InChI=1S/C21H20N4O4S2/c1-12-5-6-13(2)15(8-12)16(26)9-17-19(27)25(10-14-4-3-7-29-14)20(31-17)24-23-18-11-30-21(28)22-18/h3-8,17H,9-11H2,1-2H3,(H,22,23,28)/b24-20-/t17-/m0/s1. The molecule has 3 heterocycles. The highest BCUT2D eigenvalue weighted by Crippen LogP contribution is 2.32. The van der Waals surface area contributed by atoms with E-state index in [0.717, 1.165) is 22.9 Å². The van der Waals surface area contributed by atoms with Crippen molar-refractivity contribution < 1.29 is 18.8 Å². The first-order valence-corrected chi connectivity index (χ1v) is 11.5. The van der Waals surface area contributed by atoms with Crippen LogP contribution in [-0.2, 0) is 11.3 Å². The molecule has 2 fully saturated rings. The van der Waals surface area contributed by atoms with Crippen LogP contribution >= 0.6 is 23.5 Å². The lowest BCUT2D eigenvalue weighted by Gasteiger charge is -2.14. The number of Topliss-reactive ketones (excluding diaryl/α,β-unsaturated/α-hetero) is 1. The Labute approximate surface area is 187 Å². The highest BCUT2D eigenvalue weighted by molar-refractivity contribution is 8.15. The number of benzene rings is 1. The van der Waals surface area contributed by atoms with Gasteiger partial charge in [0, 0.05) is 12.0 Å². The van der Waals surface area contributed by atoms with Crippen molar-refractivity contribution in [2.75, 3.05) is 5.75 Å². The number of nitrogens with one attached hydrogen (secondary N) is 1. The van der Waals surface area contributed by atoms with Gasteiger partial charge < -0.3 is 9.73 Å². The molecule has 10 heteroatoms. The fourth-order valence-electron chi connectivity index (χ4n) is 3.22. The maximum atomic E-state index is 13.1. The molecule has 1 aromatic heterocycles. The summed E-state index contributed by atoms with van der Waals surface area (Å²) < 4.78 is 5.38. The average molecular weight is 457 g/mol. The highest BCUT2D eigenvalue weighted by atomic mass is 32.2. The molecule has 2 aromatic rings. The first-order valence-electron chi connectivity index (χ1n) is 9.60. The zero-order chi connectivity index (χ0) is 22.0. The van der Waals surface area contributed by atoms with E-state index in [0.29, 0.717) is 28.1 Å². The summed E-state index contributed by atoms with van der Waals surface area (Å²) in [6.45, 7) is 4.01. The van der Waals surface area contributed by atoms with Crippen molar-refractivity contribution in [2.24, 2.45) is 10.2 Å². The van der Waals surface area contributed by atoms with Gasteiger partial charge in [-0.1, -0.05) is 41.2 Å². The number of aryl methyl sites for hydroxylation is 2. The van der Waals surface area contributed by atoms with Crippen LogP contribution in [0.25, 0.3) is 0 Å². The van der Waals surface area contributed by atoms with E-state index in [9.17, 15) is 14.4 Å². The first kappa shape index (κ1) is 21.4. The van der Waals surface area contributed by atoms with Crippen LogP contribution in [0.3, 0.4) is 0 Å². The number of carbonyl (C=O) groups excluding carboxylic acids is 3. The smallest absolute Gasteiger partial charge is 0.284 e. The van der Waals surface area contributed by atoms with E-state index in [2.05, 4.69) is 15.5 Å². The summed E-state index contributed by atoms with van der Waals surface area (Å²) in [6.07, 6.45) is 1.59. The number of thioether (sulfide) groups is 2. The zero-order valence-corrected chi connectivity index (χ0v) is 18.6. The van der Waals surface area contributed by atoms with Crippen LogP contribution < -0.4 is 5.32 Å². The molecule has 2 amide bonds. The average Bonchev–Trinajstić information content (AvgIpc) is 3.46. The molecule has 8 nitrogen and oxygen atoms in total. The minimum atomic E-state index is -0.603. The Morgan fingerprint density at radius 3 is 2.81 bits per heavy atom. The van der Waals surface area contributed by atoms with Gasteiger partial charge in [0.05, 0.1) is 23.8 Å². The lowest BCUT2D eigenvalue weighted by molar-refractivity contribution is -0.126. The van der Waals surface area contributed by atoms with Gasteiger partial charge >= 0.3 is 0 Å². The topological polar surface area (TPSA) is 104 Å². The number of amides is 2. The summed E-state index contributed by atoms with van der Waals surface area (Å²) in [5.41, 5.74) is 2.50. The molecule has 1 aromatic carbocycles. The highest BCUT2D eigenvalue weighted by Gasteiger charge is 2.40. The van der Waals surface area contributed by atoms with Crippen LogP contribution in [-0.4, -0.2) is 43.8 Å². The van der Waals surface area contributed by atoms with Crippen molar-refractivity contribution >= 4 is 51.5 Å². The number of nitrogens with zero attached hydrogens (tertiary/aromatic N) is 3. The van der Waals surface area contributed by atoms with Crippen molar-refractivity contribution in [3.05, 3.63) is 59.0 Å². The molecule has 0 aliphatic carbocycles. The number of amidine groups is 2. The summed E-state index contributed by atoms with van der Waals surface area (Å²) in [6, 6.07) is 9.23. The second kappa shape index (κ2) is 9.11. The second-order valence-corrected chi connectivity index (χ2v) is 9.30. The van der Waals surface area contributed by atoms with Crippen molar-refractivity contribution in [1.29, 1.82) is 0 Å². The van der Waals surface area contributed by atoms with Crippen molar-refractivity contribution in [2.45, 2.75) is 32.1 Å². The Bertz CT molecular complexity index is 1090. The van der Waals surface area contributed by atoms with Crippen LogP contribution in [0.2, 0.25) is 0 Å². The van der Waals surface area contributed by atoms with Gasteiger partial charge in [-0.05, 0) is 37.6 Å². The number of hydrogen-bond donors (Lipinski definition) is 1. The predicted octanol–water partition coefficient (Wildman–Crippen LogP) is 3.74. The Morgan fingerprint density at radius 1 is 1.26 bits per heavy atom. The van der Waals surface area contributed by atoms with Gasteiger partial charge in [0.1, 0.15) is 11.6 Å². The van der Waals surface area contributed by atoms with E-state index in [1.807, 2.05) is 32.0 Å². The molecule has 0 bridgehead atoms. The summed E-state index contributed by atoms with van der Waals surface area (Å²) in [5.74, 6) is 1.13. The fourth-order valence-corrected chi connectivity index (χ4v) is 4.89. The van der Waals surface area contributed by atoms with Gasteiger partial charge in [0.25, 0.3) is 5.24 Å². The van der Waals surface area contributed by atoms with Crippen LogP contribution in [0, 0.1) is 13.8 Å². The monoisotopic (exact) mass is 456 g/mol. The molecule has 0 unspecified atom stereocenters. The quantitative estimate of drug-likeness (QED) is 0.525. The Morgan fingerprint density at radius 2 is 2.10 bits per heavy atom. The van der Waals surface area contributed by atoms with Gasteiger partial charge in [-0.25, -0.2) is 0 Å². The summed E-state index contributed by atoms with van der Waals surface area (Å²) in [4.78, 5) is 38.9. The van der Waals surface area contributed by atoms with Crippen molar-refractivity contribution in [1.82, 2.24) is 10.2 Å². The molecule has 2 aliphatic rings. The Kier molecular flexibility index (Phi) is 6.28. The minimum Gasteiger partial charge on any atom is -0.467 e. The van der Waals surface area contributed by atoms with Crippen LogP contribution in [0.15, 0.2) is 51.2 Å². The molecule has 0 radical (unpaired) electrons. The molecular formula is C21H20N4O4S2. The number of carbonyl (C=O) groups is 3. The summed E-state index contributed by atoms with van der Waals surface area (Å²) >= 11 is 2.31. The summed E-state index contributed by atoms with van der Waals surface area (Å²) in [7, 11) is 0. The second-order valence-electron chi connectivity index (χ2n) is 7.19. The lowest BCUT2D eigenvalue weighted by Crippen LogP contribution is -2.32. The van der Waals surface area contributed by atoms with Crippen molar-refractivity contribution in [3.8, 4) is 0 Å². The van der Waals surface area contributed by atoms with Crippen LogP contribution in [0.5, 0.6) is 0 Å². The van der Waals surface area contributed by atoms with E-state index in [1.54, 1.807) is 12.1 Å². The van der Waals surface area contributed by atoms with Gasteiger partial charge in [0.15, 0.2) is 11.0 Å². The molecule has 2 aliphatic heterocycles. The lowest BCUT2D eigenvalue weighted by atomic mass is 9.99. The normalized spacial score (nSPS) is 21.4. The SMILES string of the molecule is Cc1ccc(C)c(C(=O)C[C@@H]2S/C(=N\N=C3/CSC(=O)N3)N(Cc3ccco3)C2=O)c1. The van der Waals surface area contributed by atoms with E-state index in [-0.39, 0.29) is 29.9 Å². The van der Waals surface area contributed by atoms with E-state index in [1.165, 1.54) is 22.9 Å². The molecule has 31 heavy (non-hydrogen) atoms. The largest absolute Gasteiger partial charge is 0.467 e. The maximum absolute atomic E-state index is 13.1. The van der Waals surface area contributed by atoms with Gasteiger partial charge in [0.2, 0.25) is 5.91 Å². The third-order valence-corrected chi connectivity index (χ3v) is 6.77. The molecule has 160 valence electrons. The molecule has 0 spiro atoms.